The van der Waals surface area contributed by atoms with Gasteiger partial charge in [-0.2, -0.15) is 0 Å². The zero-order valence-corrected chi connectivity index (χ0v) is 20.9. The molecular weight excluding hydrogens is 451 g/mol. The van der Waals surface area contributed by atoms with Gasteiger partial charge in [-0.05, 0) is 77.5 Å². The fourth-order valence-electron chi connectivity index (χ4n) is 6.16. The van der Waals surface area contributed by atoms with Crippen molar-refractivity contribution >= 4 is 48.3 Å². The maximum absolute atomic E-state index is 6.14. The molecule has 5 nitrogen and oxygen atoms in total. The molecule has 172 valence electrons. The molecule has 0 aromatic rings. The van der Waals surface area contributed by atoms with E-state index in [-0.39, 0.29) is 41.5 Å². The minimum absolute atomic E-state index is 0. The zero-order chi connectivity index (χ0) is 17.8. The number of halogens is 2. The molecule has 0 radical (unpaired) electrons. The van der Waals surface area contributed by atoms with Crippen LogP contribution in [0.5, 0.6) is 0 Å². The number of thioether (sulfide) groups is 2. The van der Waals surface area contributed by atoms with E-state index in [0.29, 0.717) is 10.9 Å². The van der Waals surface area contributed by atoms with Crippen LogP contribution in [0.3, 0.4) is 0 Å². The lowest BCUT2D eigenvalue weighted by Gasteiger charge is -2.50. The van der Waals surface area contributed by atoms with E-state index in [1.807, 2.05) is 23.5 Å². The van der Waals surface area contributed by atoms with E-state index in [4.69, 9.17) is 9.47 Å². The second-order valence-corrected chi connectivity index (χ2v) is 11.8. The van der Waals surface area contributed by atoms with Gasteiger partial charge in [0.05, 0.1) is 11.2 Å². The normalized spacial score (nSPS) is 49.0. The SMILES string of the molecule is C[C@@H]1O[C@]2(CS1)CN1CCC2CC1.C[C@@H]1O[C@]2(CS1)CN1CCC2CC1.Cl.Cl.O. The summed E-state index contributed by atoms with van der Waals surface area (Å²) in [6.07, 6.45) is 5.47. The quantitative estimate of drug-likeness (QED) is 0.521. The van der Waals surface area contributed by atoms with Crippen molar-refractivity contribution in [1.29, 1.82) is 0 Å². The first-order chi connectivity index (χ1) is 12.6. The Kier molecular flexibility index (Phi) is 9.39. The van der Waals surface area contributed by atoms with Crippen molar-refractivity contribution in [3.8, 4) is 0 Å². The molecule has 4 atom stereocenters. The Labute approximate surface area is 196 Å². The third-order valence-corrected chi connectivity index (χ3v) is 10.0. The summed E-state index contributed by atoms with van der Waals surface area (Å²) in [5, 5.41) is 0. The first-order valence-corrected chi connectivity index (χ1v) is 12.7. The van der Waals surface area contributed by atoms with Crippen LogP contribution in [0, 0.1) is 11.8 Å². The predicted octanol–water partition coefficient (Wildman–Crippen LogP) is 3.14. The molecule has 2 N–H and O–H groups in total. The summed E-state index contributed by atoms with van der Waals surface area (Å²) in [5.74, 6) is 4.18. The Morgan fingerprint density at radius 1 is 0.690 bits per heavy atom. The summed E-state index contributed by atoms with van der Waals surface area (Å²) in [6, 6.07) is 0. The third-order valence-electron chi connectivity index (χ3n) is 7.57. The van der Waals surface area contributed by atoms with E-state index in [1.54, 1.807) is 0 Å². The van der Waals surface area contributed by atoms with Crippen LogP contribution in [-0.2, 0) is 9.47 Å². The standard InChI is InChI=1S/2C10H17NOS.2ClH.H2O/c2*1-8-12-10(7-13-8)6-11-4-2-9(10)3-5-11;;;/h2*8-9H,2-7H2,1H3;2*1H;1H2/t2*8-,10+;;;/m11.../s1. The lowest BCUT2D eigenvalue weighted by Crippen LogP contribution is -2.60. The molecule has 8 aliphatic rings. The number of hydrogen-bond donors (Lipinski definition) is 0. The summed E-state index contributed by atoms with van der Waals surface area (Å²) in [7, 11) is 0. The van der Waals surface area contributed by atoms with Gasteiger partial charge in [0, 0.05) is 24.6 Å². The van der Waals surface area contributed by atoms with Crippen molar-refractivity contribution in [2.45, 2.75) is 61.6 Å². The van der Waals surface area contributed by atoms with E-state index in [1.165, 1.54) is 76.5 Å². The molecule has 0 saturated carbocycles. The van der Waals surface area contributed by atoms with Crippen molar-refractivity contribution < 1.29 is 14.9 Å². The Morgan fingerprint density at radius 3 is 1.24 bits per heavy atom. The minimum atomic E-state index is 0. The second kappa shape index (κ2) is 10.3. The molecule has 8 rings (SSSR count). The first kappa shape index (κ1) is 26.3. The summed E-state index contributed by atoms with van der Waals surface area (Å²) < 4.78 is 12.3. The minimum Gasteiger partial charge on any atom is -0.412 e. The van der Waals surface area contributed by atoms with Gasteiger partial charge in [0.2, 0.25) is 0 Å². The fraction of sp³-hybridized carbons (Fsp3) is 1.00. The molecular formula is C20H38Cl2N2O3S2. The van der Waals surface area contributed by atoms with E-state index >= 15 is 0 Å². The van der Waals surface area contributed by atoms with Crippen molar-refractivity contribution in [3.05, 3.63) is 0 Å². The number of ether oxygens (including phenoxy) is 2. The maximum Gasteiger partial charge on any atom is 0.101 e. The van der Waals surface area contributed by atoms with Gasteiger partial charge >= 0.3 is 0 Å². The Bertz CT molecular complexity index is 490. The van der Waals surface area contributed by atoms with Gasteiger partial charge < -0.3 is 24.7 Å². The average molecular weight is 490 g/mol. The molecule has 0 aromatic heterocycles. The predicted molar refractivity (Wildman–Crippen MR) is 128 cm³/mol. The van der Waals surface area contributed by atoms with Crippen LogP contribution in [0.2, 0.25) is 0 Å². The highest BCUT2D eigenvalue weighted by molar-refractivity contribution is 8.00. The third kappa shape index (κ3) is 5.03. The monoisotopic (exact) mass is 488 g/mol. The van der Waals surface area contributed by atoms with Crippen LogP contribution >= 0.6 is 48.3 Å². The van der Waals surface area contributed by atoms with Crippen molar-refractivity contribution in [1.82, 2.24) is 9.80 Å². The summed E-state index contributed by atoms with van der Waals surface area (Å²) in [4.78, 5) is 5.16. The highest BCUT2D eigenvalue weighted by Gasteiger charge is 2.52. The van der Waals surface area contributed by atoms with Crippen molar-refractivity contribution in [3.63, 3.8) is 0 Å². The summed E-state index contributed by atoms with van der Waals surface area (Å²) in [5.41, 5.74) is 1.36. The summed E-state index contributed by atoms with van der Waals surface area (Å²) in [6.45, 7) is 12.0. The molecule has 8 heterocycles. The van der Waals surface area contributed by atoms with E-state index in [9.17, 15) is 0 Å². The number of hydrogen-bond acceptors (Lipinski definition) is 6. The van der Waals surface area contributed by atoms with Gasteiger partial charge in [0.25, 0.3) is 0 Å². The molecule has 0 amide bonds. The molecule has 9 heteroatoms. The molecule has 2 spiro atoms. The average Bonchev–Trinajstić information content (AvgIpc) is 3.20. The van der Waals surface area contributed by atoms with Gasteiger partial charge in [-0.1, -0.05) is 0 Å². The smallest absolute Gasteiger partial charge is 0.101 e. The van der Waals surface area contributed by atoms with Crippen LogP contribution in [0.25, 0.3) is 0 Å². The van der Waals surface area contributed by atoms with E-state index in [2.05, 4.69) is 23.6 Å². The van der Waals surface area contributed by atoms with Gasteiger partial charge in [0.1, 0.15) is 10.9 Å². The highest BCUT2D eigenvalue weighted by Crippen LogP contribution is 2.47. The van der Waals surface area contributed by atoms with Crippen LogP contribution in [0.15, 0.2) is 0 Å². The number of piperidine rings is 6. The summed E-state index contributed by atoms with van der Waals surface area (Å²) >= 11 is 3.99. The van der Waals surface area contributed by atoms with Crippen molar-refractivity contribution in [2.75, 3.05) is 50.8 Å². The lowest BCUT2D eigenvalue weighted by atomic mass is 9.76. The largest absolute Gasteiger partial charge is 0.412 e. The Balaban J connectivity index is 0.000000187. The first-order valence-electron chi connectivity index (χ1n) is 10.6. The van der Waals surface area contributed by atoms with Crippen molar-refractivity contribution in [2.24, 2.45) is 11.8 Å². The topological polar surface area (TPSA) is 56.4 Å². The Morgan fingerprint density at radius 2 is 1.03 bits per heavy atom. The van der Waals surface area contributed by atoms with E-state index < -0.39 is 0 Å². The molecule has 0 unspecified atom stereocenters. The van der Waals surface area contributed by atoms with Gasteiger partial charge in [-0.25, -0.2) is 0 Å². The van der Waals surface area contributed by atoms with Gasteiger partial charge in [-0.3, -0.25) is 0 Å². The number of fused-ring (bicyclic) bond motifs is 4. The number of nitrogens with zero attached hydrogens (tertiary/aromatic N) is 2. The molecule has 8 aliphatic heterocycles. The van der Waals surface area contributed by atoms with Crippen LogP contribution < -0.4 is 0 Å². The Hall–Kier alpha value is 1.08. The van der Waals surface area contributed by atoms with Crippen LogP contribution in [0.4, 0.5) is 0 Å². The molecule has 29 heavy (non-hydrogen) atoms. The second-order valence-electron chi connectivity index (χ2n) is 9.22. The van der Waals surface area contributed by atoms with Gasteiger partial charge in [0.15, 0.2) is 0 Å². The van der Waals surface area contributed by atoms with E-state index in [0.717, 1.165) is 11.8 Å². The van der Waals surface area contributed by atoms with Gasteiger partial charge in [-0.15, -0.1) is 48.3 Å². The fourth-order valence-corrected chi connectivity index (χ4v) is 8.50. The molecule has 0 aromatic carbocycles. The number of rotatable bonds is 0. The zero-order valence-electron chi connectivity index (χ0n) is 17.6. The lowest BCUT2D eigenvalue weighted by molar-refractivity contribution is -0.133. The van der Waals surface area contributed by atoms with Crippen LogP contribution in [0.1, 0.15) is 39.5 Å². The molecule has 0 aliphatic carbocycles. The molecule has 8 saturated heterocycles. The molecule has 8 fully saturated rings. The maximum atomic E-state index is 6.14. The van der Waals surface area contributed by atoms with Crippen LogP contribution in [-0.4, -0.2) is 88.1 Å². The highest BCUT2D eigenvalue weighted by atomic mass is 35.5. The molecule has 4 bridgehead atoms.